The molecule has 33 heavy (non-hydrogen) atoms. The van der Waals surface area contributed by atoms with Crippen molar-refractivity contribution in [2.45, 2.75) is 44.3 Å². The third kappa shape index (κ3) is 5.38. The average molecular weight is 460 g/mol. The number of nitrogens with one attached hydrogen (secondary N) is 1. The van der Waals surface area contributed by atoms with Gasteiger partial charge in [0.15, 0.2) is 11.6 Å². The highest BCUT2D eigenvalue weighted by Gasteiger charge is 2.33. The Hall–Kier alpha value is -2.87. The van der Waals surface area contributed by atoms with Gasteiger partial charge in [-0.05, 0) is 55.5 Å². The van der Waals surface area contributed by atoms with Crippen LogP contribution < -0.4 is 14.8 Å². The maximum atomic E-state index is 13.5. The number of hydrogen-bond donors (Lipinski definition) is 1. The third-order valence-corrected chi connectivity index (χ3v) is 6.62. The van der Waals surface area contributed by atoms with Crippen LogP contribution in [0.25, 0.3) is 0 Å². The summed E-state index contributed by atoms with van der Waals surface area (Å²) in [7, 11) is 3.25. The van der Waals surface area contributed by atoms with Crippen LogP contribution in [0.5, 0.6) is 11.5 Å². The molecule has 2 aliphatic heterocycles. The average Bonchev–Trinajstić information content (AvgIpc) is 3.32. The second kappa shape index (κ2) is 10.4. The fourth-order valence-electron chi connectivity index (χ4n) is 4.82. The van der Waals surface area contributed by atoms with E-state index >= 15 is 0 Å². The van der Waals surface area contributed by atoms with Crippen LogP contribution >= 0.6 is 0 Å². The van der Waals surface area contributed by atoms with Crippen LogP contribution in [0.3, 0.4) is 0 Å². The van der Waals surface area contributed by atoms with Gasteiger partial charge in [-0.2, -0.15) is 0 Å². The molecular formula is C25H31F2N3O3. The minimum atomic E-state index is -0.826. The van der Waals surface area contributed by atoms with E-state index in [2.05, 4.69) is 10.2 Å². The summed E-state index contributed by atoms with van der Waals surface area (Å²) in [4.78, 5) is 17.2. The molecular weight excluding hydrogens is 428 g/mol. The summed E-state index contributed by atoms with van der Waals surface area (Å²) in [6, 6.07) is 9.79. The largest absolute Gasteiger partial charge is 0.497 e. The number of methoxy groups -OCH3 is 2. The zero-order valence-corrected chi connectivity index (χ0v) is 19.2. The van der Waals surface area contributed by atoms with Gasteiger partial charge >= 0.3 is 6.03 Å². The highest BCUT2D eigenvalue weighted by atomic mass is 19.2. The topological polar surface area (TPSA) is 54.0 Å². The van der Waals surface area contributed by atoms with Gasteiger partial charge in [0.25, 0.3) is 0 Å². The Morgan fingerprint density at radius 2 is 1.79 bits per heavy atom. The van der Waals surface area contributed by atoms with Crippen molar-refractivity contribution in [1.82, 2.24) is 15.1 Å². The number of ether oxygens (including phenoxy) is 2. The summed E-state index contributed by atoms with van der Waals surface area (Å²) in [5.41, 5.74) is 1.75. The zero-order valence-electron chi connectivity index (χ0n) is 19.2. The van der Waals surface area contributed by atoms with Crippen molar-refractivity contribution < 1.29 is 23.0 Å². The van der Waals surface area contributed by atoms with Gasteiger partial charge in [-0.15, -0.1) is 0 Å². The second-order valence-electron chi connectivity index (χ2n) is 8.71. The Balaban J connectivity index is 1.32. The molecule has 4 rings (SSSR count). The van der Waals surface area contributed by atoms with Crippen molar-refractivity contribution in [3.63, 3.8) is 0 Å². The Morgan fingerprint density at radius 3 is 2.48 bits per heavy atom. The van der Waals surface area contributed by atoms with Gasteiger partial charge in [-0.25, -0.2) is 13.6 Å². The van der Waals surface area contributed by atoms with Gasteiger partial charge in [-0.3, -0.25) is 4.90 Å². The van der Waals surface area contributed by atoms with Crippen molar-refractivity contribution in [1.29, 1.82) is 0 Å². The first-order valence-electron chi connectivity index (χ1n) is 11.4. The standard InChI is InChI=1S/C25H31F2N3O3/c1-32-19-6-7-20(24(15-19)33-2)23-4-3-11-30(23)25(31)28-18-9-12-29(13-10-18)16-17-5-8-21(26)22(27)14-17/h5-8,14-15,18,23H,3-4,9-13,16H2,1-2H3,(H,28,31). The third-order valence-electron chi connectivity index (χ3n) is 6.62. The van der Waals surface area contributed by atoms with Gasteiger partial charge in [-0.1, -0.05) is 6.07 Å². The summed E-state index contributed by atoms with van der Waals surface area (Å²) in [6.45, 7) is 2.86. The molecule has 6 nitrogen and oxygen atoms in total. The molecule has 2 fully saturated rings. The lowest BCUT2D eigenvalue weighted by Gasteiger charge is -2.34. The summed E-state index contributed by atoms with van der Waals surface area (Å²) < 4.78 is 37.5. The number of amides is 2. The maximum absolute atomic E-state index is 13.5. The molecule has 1 N–H and O–H groups in total. The molecule has 2 heterocycles. The first-order chi connectivity index (χ1) is 16.0. The fourth-order valence-corrected chi connectivity index (χ4v) is 4.82. The van der Waals surface area contributed by atoms with E-state index in [4.69, 9.17) is 9.47 Å². The number of carbonyl (C=O) groups is 1. The smallest absolute Gasteiger partial charge is 0.318 e. The van der Waals surface area contributed by atoms with Crippen molar-refractivity contribution in [2.75, 3.05) is 33.9 Å². The van der Waals surface area contributed by atoms with E-state index in [1.54, 1.807) is 20.3 Å². The number of hydrogen-bond acceptors (Lipinski definition) is 4. The van der Waals surface area contributed by atoms with E-state index in [1.165, 1.54) is 12.1 Å². The van der Waals surface area contributed by atoms with Crippen molar-refractivity contribution in [2.24, 2.45) is 0 Å². The monoisotopic (exact) mass is 459 g/mol. The Kier molecular flexibility index (Phi) is 7.33. The number of benzene rings is 2. The summed E-state index contributed by atoms with van der Waals surface area (Å²) in [5, 5.41) is 3.21. The van der Waals surface area contributed by atoms with E-state index in [9.17, 15) is 13.6 Å². The number of urea groups is 1. The lowest BCUT2D eigenvalue weighted by molar-refractivity contribution is 0.165. The number of nitrogens with zero attached hydrogens (tertiary/aromatic N) is 2. The van der Waals surface area contributed by atoms with Crippen molar-refractivity contribution in [3.8, 4) is 11.5 Å². The predicted octanol–water partition coefficient (Wildman–Crippen LogP) is 4.49. The Bertz CT molecular complexity index is 979. The molecule has 0 aliphatic carbocycles. The quantitative estimate of drug-likeness (QED) is 0.692. The van der Waals surface area contributed by atoms with Crippen LogP contribution in [0.15, 0.2) is 36.4 Å². The molecule has 2 amide bonds. The van der Waals surface area contributed by atoms with E-state index in [0.717, 1.165) is 61.4 Å². The van der Waals surface area contributed by atoms with Gasteiger partial charge < -0.3 is 19.7 Å². The molecule has 0 aromatic heterocycles. The van der Waals surface area contributed by atoms with E-state index in [-0.39, 0.29) is 18.1 Å². The molecule has 2 aromatic carbocycles. The van der Waals surface area contributed by atoms with Crippen molar-refractivity contribution >= 4 is 6.03 Å². The normalized spacial score (nSPS) is 19.5. The maximum Gasteiger partial charge on any atom is 0.318 e. The number of carbonyl (C=O) groups excluding carboxylic acids is 1. The molecule has 2 aliphatic rings. The zero-order chi connectivity index (χ0) is 23.4. The van der Waals surface area contributed by atoms with Crippen LogP contribution in [-0.4, -0.2) is 55.7 Å². The van der Waals surface area contributed by atoms with Crippen LogP contribution in [0.2, 0.25) is 0 Å². The van der Waals surface area contributed by atoms with Crippen LogP contribution in [0.1, 0.15) is 42.9 Å². The minimum absolute atomic E-state index is 0.0284. The highest BCUT2D eigenvalue weighted by molar-refractivity contribution is 5.75. The molecule has 2 saturated heterocycles. The van der Waals surface area contributed by atoms with E-state index in [1.807, 2.05) is 23.1 Å². The summed E-state index contributed by atoms with van der Waals surface area (Å²) in [5.74, 6) is -0.194. The molecule has 0 saturated carbocycles. The Labute approximate surface area is 193 Å². The predicted molar refractivity (Wildman–Crippen MR) is 121 cm³/mol. The number of piperidine rings is 1. The lowest BCUT2D eigenvalue weighted by atomic mass is 10.0. The first kappa shape index (κ1) is 23.3. The van der Waals surface area contributed by atoms with Crippen LogP contribution in [0, 0.1) is 11.6 Å². The second-order valence-corrected chi connectivity index (χ2v) is 8.71. The summed E-state index contributed by atoms with van der Waals surface area (Å²) >= 11 is 0. The van der Waals surface area contributed by atoms with Gasteiger partial charge in [0.05, 0.1) is 20.3 Å². The first-order valence-corrected chi connectivity index (χ1v) is 11.4. The number of halogens is 2. The van der Waals surface area contributed by atoms with Crippen LogP contribution in [0.4, 0.5) is 13.6 Å². The Morgan fingerprint density at radius 1 is 1.00 bits per heavy atom. The molecule has 178 valence electrons. The van der Waals surface area contributed by atoms with E-state index in [0.29, 0.717) is 13.1 Å². The molecule has 1 unspecified atom stereocenters. The van der Waals surface area contributed by atoms with Crippen LogP contribution in [-0.2, 0) is 6.54 Å². The molecule has 8 heteroatoms. The van der Waals surface area contributed by atoms with Crippen molar-refractivity contribution in [3.05, 3.63) is 59.2 Å². The lowest BCUT2D eigenvalue weighted by Crippen LogP contribution is -2.48. The SMILES string of the molecule is COc1ccc(C2CCCN2C(=O)NC2CCN(Cc3ccc(F)c(F)c3)CC2)c(OC)c1. The molecule has 2 aromatic rings. The number of likely N-dealkylation sites (tertiary alicyclic amines) is 2. The fraction of sp³-hybridized carbons (Fsp3) is 0.480. The highest BCUT2D eigenvalue weighted by Crippen LogP contribution is 2.38. The molecule has 1 atom stereocenters. The minimum Gasteiger partial charge on any atom is -0.497 e. The van der Waals surface area contributed by atoms with Gasteiger partial charge in [0.1, 0.15) is 11.5 Å². The number of rotatable bonds is 6. The van der Waals surface area contributed by atoms with E-state index < -0.39 is 11.6 Å². The molecule has 0 radical (unpaired) electrons. The van der Waals surface area contributed by atoms with Gasteiger partial charge in [0, 0.05) is 43.9 Å². The molecule has 0 spiro atoms. The molecule has 0 bridgehead atoms. The summed E-state index contributed by atoms with van der Waals surface area (Å²) in [6.07, 6.45) is 3.47. The van der Waals surface area contributed by atoms with Gasteiger partial charge in [0.2, 0.25) is 0 Å².